The Morgan fingerprint density at radius 3 is 1.79 bits per heavy atom. The predicted octanol–water partition coefficient (Wildman–Crippen LogP) is 3.44. The number of hydrogen-bond donors (Lipinski definition) is 0. The average Bonchev–Trinajstić information content (AvgIpc) is 2.58. The number of nitrogens with zero attached hydrogens (tertiary/aromatic N) is 1. The zero-order valence-electron chi connectivity index (χ0n) is 9.59. The summed E-state index contributed by atoms with van der Waals surface area (Å²) in [7, 11) is 2.15. The molecule has 0 spiro atoms. The Morgan fingerprint density at radius 1 is 1.00 bits per heavy atom. The second-order valence-electron chi connectivity index (χ2n) is 3.94. The van der Waals surface area contributed by atoms with Crippen LogP contribution in [0.15, 0.2) is 24.3 Å². The predicted molar refractivity (Wildman–Crippen MR) is 62.2 cm³/mol. The normalized spacial score (nSPS) is 14.5. The first-order chi connectivity index (χ1) is 6.77. The van der Waals surface area contributed by atoms with Crippen molar-refractivity contribution < 1.29 is 0 Å². The van der Waals surface area contributed by atoms with E-state index in [0.29, 0.717) is 0 Å². The van der Waals surface area contributed by atoms with E-state index in [-0.39, 0.29) is 0 Å². The standard InChI is InChI=1S/C9H11N.C4H10/c1-10-6-8-4-2-3-5-9(8)7-10;1-3-4-2/h2-5H,6-7H2,1H3;3-4H2,1-2H3. The van der Waals surface area contributed by atoms with Crippen molar-refractivity contribution in [3.8, 4) is 0 Å². The van der Waals surface area contributed by atoms with Gasteiger partial charge in [-0.1, -0.05) is 51.0 Å². The smallest absolute Gasteiger partial charge is 0.0237 e. The summed E-state index contributed by atoms with van der Waals surface area (Å²) in [5, 5.41) is 0. The van der Waals surface area contributed by atoms with Crippen LogP contribution in [0.2, 0.25) is 0 Å². The Labute approximate surface area is 87.7 Å². The highest BCUT2D eigenvalue weighted by Gasteiger charge is 2.12. The highest BCUT2D eigenvalue weighted by atomic mass is 15.1. The maximum Gasteiger partial charge on any atom is 0.0237 e. The van der Waals surface area contributed by atoms with Gasteiger partial charge >= 0.3 is 0 Å². The van der Waals surface area contributed by atoms with Gasteiger partial charge in [-0.2, -0.15) is 0 Å². The van der Waals surface area contributed by atoms with Gasteiger partial charge in [0.1, 0.15) is 0 Å². The Bertz CT molecular complexity index is 241. The van der Waals surface area contributed by atoms with Gasteiger partial charge in [0.15, 0.2) is 0 Å². The summed E-state index contributed by atoms with van der Waals surface area (Å²) >= 11 is 0. The molecule has 0 atom stereocenters. The molecule has 0 unspecified atom stereocenters. The molecule has 2 rings (SSSR count). The number of rotatable bonds is 1. The molecule has 0 saturated carbocycles. The van der Waals surface area contributed by atoms with Crippen LogP contribution < -0.4 is 0 Å². The van der Waals surface area contributed by atoms with Gasteiger partial charge in [0.2, 0.25) is 0 Å². The summed E-state index contributed by atoms with van der Waals surface area (Å²) in [5.41, 5.74) is 2.98. The molecule has 1 aliphatic rings. The first kappa shape index (κ1) is 11.3. The number of fused-ring (bicyclic) bond motifs is 1. The highest BCUT2D eigenvalue weighted by molar-refractivity contribution is 5.29. The molecule has 0 radical (unpaired) electrons. The minimum atomic E-state index is 1.12. The van der Waals surface area contributed by atoms with E-state index in [1.54, 1.807) is 0 Å². The number of benzene rings is 1. The summed E-state index contributed by atoms with van der Waals surface area (Å²) in [4.78, 5) is 2.32. The van der Waals surface area contributed by atoms with Gasteiger partial charge < -0.3 is 0 Å². The Hall–Kier alpha value is -0.820. The van der Waals surface area contributed by atoms with Crippen molar-refractivity contribution in [3.63, 3.8) is 0 Å². The Balaban J connectivity index is 0.000000213. The molecule has 1 aliphatic heterocycles. The van der Waals surface area contributed by atoms with Crippen LogP contribution in [0.5, 0.6) is 0 Å². The van der Waals surface area contributed by atoms with Crippen LogP contribution in [0, 0.1) is 0 Å². The second kappa shape index (κ2) is 5.82. The van der Waals surface area contributed by atoms with E-state index in [1.165, 1.54) is 24.0 Å². The SMILES string of the molecule is CCCC.CN1Cc2ccccc2C1. The molecule has 14 heavy (non-hydrogen) atoms. The summed E-state index contributed by atoms with van der Waals surface area (Å²) in [5.74, 6) is 0. The van der Waals surface area contributed by atoms with Gasteiger partial charge in [-0.25, -0.2) is 0 Å². The zero-order valence-corrected chi connectivity index (χ0v) is 9.59. The van der Waals surface area contributed by atoms with E-state index in [0.717, 1.165) is 13.1 Å². The molecule has 0 saturated heterocycles. The highest BCUT2D eigenvalue weighted by Crippen LogP contribution is 2.19. The fraction of sp³-hybridized carbons (Fsp3) is 0.538. The van der Waals surface area contributed by atoms with Crippen molar-refractivity contribution in [1.29, 1.82) is 0 Å². The third-order valence-corrected chi connectivity index (χ3v) is 2.50. The molecular formula is C13H21N. The van der Waals surface area contributed by atoms with Crippen LogP contribution >= 0.6 is 0 Å². The van der Waals surface area contributed by atoms with Gasteiger partial charge in [0, 0.05) is 13.1 Å². The largest absolute Gasteiger partial charge is 0.298 e. The third-order valence-electron chi connectivity index (χ3n) is 2.50. The quantitative estimate of drug-likeness (QED) is 0.657. The van der Waals surface area contributed by atoms with Crippen LogP contribution in [0.4, 0.5) is 0 Å². The van der Waals surface area contributed by atoms with Crippen molar-refractivity contribution in [2.75, 3.05) is 7.05 Å². The topological polar surface area (TPSA) is 3.24 Å². The second-order valence-corrected chi connectivity index (χ2v) is 3.94. The molecule has 1 heteroatoms. The lowest BCUT2D eigenvalue weighted by atomic mass is 10.1. The molecule has 0 aromatic heterocycles. The van der Waals surface area contributed by atoms with E-state index in [4.69, 9.17) is 0 Å². The molecule has 1 aromatic carbocycles. The Kier molecular flexibility index (Phi) is 4.68. The maximum absolute atomic E-state index is 2.32. The van der Waals surface area contributed by atoms with E-state index in [2.05, 4.69) is 50.1 Å². The van der Waals surface area contributed by atoms with Crippen LogP contribution in [-0.4, -0.2) is 11.9 Å². The molecule has 0 N–H and O–H groups in total. The monoisotopic (exact) mass is 191 g/mol. The summed E-state index contributed by atoms with van der Waals surface area (Å²) in [6, 6.07) is 8.63. The van der Waals surface area contributed by atoms with Crippen LogP contribution in [0.1, 0.15) is 37.8 Å². The third kappa shape index (κ3) is 3.15. The zero-order chi connectivity index (χ0) is 10.4. The number of hydrogen-bond acceptors (Lipinski definition) is 1. The minimum absolute atomic E-state index is 1.12. The van der Waals surface area contributed by atoms with Crippen molar-refractivity contribution in [2.24, 2.45) is 0 Å². The maximum atomic E-state index is 2.32. The van der Waals surface area contributed by atoms with E-state index >= 15 is 0 Å². The molecule has 0 amide bonds. The lowest BCUT2D eigenvalue weighted by Crippen LogP contribution is -2.07. The minimum Gasteiger partial charge on any atom is -0.298 e. The van der Waals surface area contributed by atoms with Gasteiger partial charge in [-0.15, -0.1) is 0 Å². The fourth-order valence-corrected chi connectivity index (χ4v) is 1.50. The average molecular weight is 191 g/mol. The van der Waals surface area contributed by atoms with Gasteiger partial charge in [-0.05, 0) is 18.2 Å². The fourth-order valence-electron chi connectivity index (χ4n) is 1.50. The van der Waals surface area contributed by atoms with Gasteiger partial charge in [0.25, 0.3) is 0 Å². The van der Waals surface area contributed by atoms with E-state index in [9.17, 15) is 0 Å². The Morgan fingerprint density at radius 2 is 1.43 bits per heavy atom. The molecule has 1 aromatic rings. The molecule has 0 bridgehead atoms. The van der Waals surface area contributed by atoms with Crippen LogP contribution in [0.25, 0.3) is 0 Å². The molecule has 0 aliphatic carbocycles. The molecule has 1 heterocycles. The van der Waals surface area contributed by atoms with Gasteiger partial charge in [0.05, 0.1) is 0 Å². The van der Waals surface area contributed by atoms with Crippen LogP contribution in [-0.2, 0) is 13.1 Å². The lowest BCUT2D eigenvalue weighted by Gasteiger charge is -2.02. The summed E-state index contributed by atoms with van der Waals surface area (Å²) in [6.07, 6.45) is 2.64. The summed E-state index contributed by atoms with van der Waals surface area (Å²) < 4.78 is 0. The first-order valence-corrected chi connectivity index (χ1v) is 5.53. The first-order valence-electron chi connectivity index (χ1n) is 5.53. The van der Waals surface area contributed by atoms with Gasteiger partial charge in [-0.3, -0.25) is 4.90 Å². The van der Waals surface area contributed by atoms with Crippen LogP contribution in [0.3, 0.4) is 0 Å². The van der Waals surface area contributed by atoms with Crippen molar-refractivity contribution in [2.45, 2.75) is 39.8 Å². The van der Waals surface area contributed by atoms with E-state index < -0.39 is 0 Å². The van der Waals surface area contributed by atoms with Crippen molar-refractivity contribution >= 4 is 0 Å². The molecule has 78 valence electrons. The molecule has 1 nitrogen and oxygen atoms in total. The number of unbranched alkanes of at least 4 members (excludes halogenated alkanes) is 1. The lowest BCUT2D eigenvalue weighted by molar-refractivity contribution is 0.353. The van der Waals surface area contributed by atoms with Crippen molar-refractivity contribution in [1.82, 2.24) is 4.90 Å². The molecular weight excluding hydrogens is 170 g/mol. The summed E-state index contributed by atoms with van der Waals surface area (Å²) in [6.45, 7) is 6.60. The van der Waals surface area contributed by atoms with E-state index in [1.807, 2.05) is 0 Å². The van der Waals surface area contributed by atoms with Crippen molar-refractivity contribution in [3.05, 3.63) is 35.4 Å². The molecule has 0 fully saturated rings.